The molecule has 0 unspecified atom stereocenters. The van der Waals surface area contributed by atoms with Crippen molar-refractivity contribution in [1.29, 1.82) is 0 Å². The van der Waals surface area contributed by atoms with Gasteiger partial charge < -0.3 is 14.8 Å². The number of aromatic amines is 1. The van der Waals surface area contributed by atoms with Crippen molar-refractivity contribution in [2.24, 2.45) is 0 Å². The predicted octanol–water partition coefficient (Wildman–Crippen LogP) is 6.49. The minimum absolute atomic E-state index is 0.171. The average Bonchev–Trinajstić information content (AvgIpc) is 3.20. The van der Waals surface area contributed by atoms with Crippen LogP contribution in [0.5, 0.6) is 5.75 Å². The summed E-state index contributed by atoms with van der Waals surface area (Å²) in [6, 6.07) is 17.5. The molecule has 0 spiro atoms. The van der Waals surface area contributed by atoms with E-state index in [4.69, 9.17) is 39.5 Å². The molecule has 1 atom stereocenters. The van der Waals surface area contributed by atoms with Crippen molar-refractivity contribution in [3.8, 4) is 5.75 Å². The van der Waals surface area contributed by atoms with Crippen molar-refractivity contribution in [3.05, 3.63) is 98.6 Å². The van der Waals surface area contributed by atoms with Crippen LogP contribution in [0.1, 0.15) is 16.7 Å². The fourth-order valence-corrected chi connectivity index (χ4v) is 4.35. The van der Waals surface area contributed by atoms with E-state index in [1.807, 2.05) is 30.5 Å². The number of carbonyl (C=O) groups is 1. The summed E-state index contributed by atoms with van der Waals surface area (Å²) in [5, 5.41) is 15.5. The van der Waals surface area contributed by atoms with Crippen LogP contribution in [-0.2, 0) is 24.4 Å². The third-order valence-electron chi connectivity index (χ3n) is 5.39. The van der Waals surface area contributed by atoms with Gasteiger partial charge in [-0.1, -0.05) is 59.1 Å². The quantitative estimate of drug-likeness (QED) is 0.244. The largest absolute Gasteiger partial charge is 0.488 e. The number of aliphatic carboxylic acids is 1. The lowest BCUT2D eigenvalue weighted by Gasteiger charge is -2.17. The van der Waals surface area contributed by atoms with Gasteiger partial charge in [-0.05, 0) is 42.0 Å². The van der Waals surface area contributed by atoms with E-state index in [0.29, 0.717) is 32.8 Å². The molecule has 0 radical (unpaired) electrons. The number of ether oxygens (including phenoxy) is 1. The Morgan fingerprint density at radius 3 is 2.52 bits per heavy atom. The van der Waals surface area contributed by atoms with E-state index >= 15 is 0 Å². The average molecular weight is 504 g/mol. The van der Waals surface area contributed by atoms with Crippen LogP contribution in [0.2, 0.25) is 15.1 Å². The topological polar surface area (TPSA) is 74.3 Å². The van der Waals surface area contributed by atoms with Crippen molar-refractivity contribution < 1.29 is 14.6 Å². The van der Waals surface area contributed by atoms with Crippen LogP contribution in [0.3, 0.4) is 0 Å². The summed E-state index contributed by atoms with van der Waals surface area (Å²) in [6.07, 6.45) is 2.18. The summed E-state index contributed by atoms with van der Waals surface area (Å²) in [7, 11) is 0. The number of nitrogens with one attached hydrogen (secondary N) is 2. The first-order valence-electron chi connectivity index (χ1n) is 10.3. The number of rotatable bonds is 9. The number of hydrogen-bond acceptors (Lipinski definition) is 3. The Labute approximate surface area is 206 Å². The Balaban J connectivity index is 1.49. The second kappa shape index (κ2) is 10.5. The second-order valence-corrected chi connectivity index (χ2v) is 8.83. The van der Waals surface area contributed by atoms with E-state index in [9.17, 15) is 9.90 Å². The van der Waals surface area contributed by atoms with Gasteiger partial charge in [0, 0.05) is 56.3 Å². The lowest BCUT2D eigenvalue weighted by molar-refractivity contribution is -0.139. The predicted molar refractivity (Wildman–Crippen MR) is 133 cm³/mol. The number of benzene rings is 3. The Hall–Kier alpha value is -2.70. The van der Waals surface area contributed by atoms with Gasteiger partial charge in [0.05, 0.1) is 0 Å². The van der Waals surface area contributed by atoms with Gasteiger partial charge in [0.2, 0.25) is 0 Å². The van der Waals surface area contributed by atoms with E-state index in [1.54, 1.807) is 36.4 Å². The molecule has 0 saturated heterocycles. The smallest absolute Gasteiger partial charge is 0.321 e. The Bertz CT molecular complexity index is 1270. The highest BCUT2D eigenvalue weighted by molar-refractivity contribution is 6.36. The molecule has 0 aliphatic heterocycles. The highest BCUT2D eigenvalue weighted by atomic mass is 35.5. The lowest BCUT2D eigenvalue weighted by Crippen LogP contribution is -2.38. The highest BCUT2D eigenvalue weighted by Crippen LogP contribution is 2.28. The fourth-order valence-electron chi connectivity index (χ4n) is 3.65. The summed E-state index contributed by atoms with van der Waals surface area (Å²) in [4.78, 5) is 15.1. The molecular weight excluding hydrogens is 483 g/mol. The molecule has 0 amide bonds. The highest BCUT2D eigenvalue weighted by Gasteiger charge is 2.20. The van der Waals surface area contributed by atoms with Crippen molar-refractivity contribution in [1.82, 2.24) is 10.3 Å². The van der Waals surface area contributed by atoms with E-state index in [2.05, 4.69) is 10.3 Å². The first-order chi connectivity index (χ1) is 15.9. The number of carboxylic acid groups (broad SMARTS) is 1. The maximum Gasteiger partial charge on any atom is 0.321 e. The zero-order valence-electron chi connectivity index (χ0n) is 17.4. The van der Waals surface area contributed by atoms with Crippen molar-refractivity contribution >= 4 is 51.7 Å². The summed E-state index contributed by atoms with van der Waals surface area (Å²) in [5.41, 5.74) is 3.31. The van der Waals surface area contributed by atoms with Crippen molar-refractivity contribution in [2.45, 2.75) is 25.6 Å². The molecule has 0 saturated carbocycles. The molecule has 0 aliphatic carbocycles. The normalized spacial score (nSPS) is 12.1. The van der Waals surface area contributed by atoms with Crippen LogP contribution >= 0.6 is 34.8 Å². The third kappa shape index (κ3) is 5.63. The van der Waals surface area contributed by atoms with Crippen LogP contribution in [0.25, 0.3) is 10.9 Å². The van der Waals surface area contributed by atoms with Gasteiger partial charge in [0.15, 0.2) is 0 Å². The zero-order valence-corrected chi connectivity index (χ0v) is 19.7. The standard InChI is InChI=1S/C25H21Cl3N2O3/c26-17-8-9-24(33-14-19-20(27)5-3-6-21(19)28)16(10-17)13-30-23(25(31)32)11-15-12-29-22-7-2-1-4-18(15)22/h1-10,12,23,29-30H,11,13-14H2,(H,31,32)/t23-/m0/s1. The van der Waals surface area contributed by atoms with Gasteiger partial charge >= 0.3 is 5.97 Å². The maximum absolute atomic E-state index is 12.0. The van der Waals surface area contributed by atoms with Gasteiger partial charge in [-0.3, -0.25) is 10.1 Å². The number of fused-ring (bicyclic) bond motifs is 1. The van der Waals surface area contributed by atoms with Crippen LogP contribution < -0.4 is 10.1 Å². The summed E-state index contributed by atoms with van der Waals surface area (Å²) < 4.78 is 5.98. The monoisotopic (exact) mass is 502 g/mol. The van der Waals surface area contributed by atoms with E-state index < -0.39 is 12.0 Å². The molecule has 3 N–H and O–H groups in total. The van der Waals surface area contributed by atoms with Crippen molar-refractivity contribution in [2.75, 3.05) is 0 Å². The fraction of sp³-hybridized carbons (Fsp3) is 0.160. The van der Waals surface area contributed by atoms with E-state index in [1.165, 1.54) is 0 Å². The third-order valence-corrected chi connectivity index (χ3v) is 6.34. The Morgan fingerprint density at radius 2 is 1.76 bits per heavy atom. The molecule has 33 heavy (non-hydrogen) atoms. The van der Waals surface area contributed by atoms with Gasteiger partial charge in [0.25, 0.3) is 0 Å². The first kappa shape index (κ1) is 23.5. The van der Waals surface area contributed by atoms with Gasteiger partial charge in [-0.25, -0.2) is 0 Å². The van der Waals surface area contributed by atoms with Crippen LogP contribution in [0.15, 0.2) is 66.9 Å². The second-order valence-electron chi connectivity index (χ2n) is 7.58. The molecule has 5 nitrogen and oxygen atoms in total. The minimum Gasteiger partial charge on any atom is -0.488 e. The Morgan fingerprint density at radius 1 is 1.00 bits per heavy atom. The maximum atomic E-state index is 12.0. The number of para-hydroxylation sites is 1. The van der Waals surface area contributed by atoms with E-state index in [-0.39, 0.29) is 13.2 Å². The van der Waals surface area contributed by atoms with E-state index in [0.717, 1.165) is 22.0 Å². The first-order valence-corrected chi connectivity index (χ1v) is 11.4. The molecular formula is C25H21Cl3N2O3. The lowest BCUT2D eigenvalue weighted by atomic mass is 10.0. The van der Waals surface area contributed by atoms with Gasteiger partial charge in [-0.2, -0.15) is 0 Å². The molecule has 0 bridgehead atoms. The summed E-state index contributed by atoms with van der Waals surface area (Å²) >= 11 is 18.7. The van der Waals surface area contributed by atoms with Gasteiger partial charge in [-0.15, -0.1) is 0 Å². The number of halogens is 3. The summed E-state index contributed by atoms with van der Waals surface area (Å²) in [6.45, 7) is 0.427. The van der Waals surface area contributed by atoms with Crippen molar-refractivity contribution in [3.63, 3.8) is 0 Å². The minimum atomic E-state index is -0.937. The molecule has 0 fully saturated rings. The van der Waals surface area contributed by atoms with Gasteiger partial charge in [0.1, 0.15) is 18.4 Å². The van der Waals surface area contributed by atoms with Crippen LogP contribution in [-0.4, -0.2) is 22.1 Å². The molecule has 0 aliphatic rings. The molecule has 1 aromatic heterocycles. The Kier molecular flexibility index (Phi) is 7.46. The molecule has 4 rings (SSSR count). The molecule has 4 aromatic rings. The molecule has 170 valence electrons. The number of carboxylic acids is 1. The number of aromatic nitrogens is 1. The SMILES string of the molecule is O=C(O)[C@H](Cc1c[nH]c2ccccc12)NCc1cc(Cl)ccc1OCc1c(Cl)cccc1Cl. The number of hydrogen-bond donors (Lipinski definition) is 3. The number of H-pyrrole nitrogens is 1. The molecule has 8 heteroatoms. The van der Waals surface area contributed by atoms with Crippen LogP contribution in [0, 0.1) is 0 Å². The summed E-state index contributed by atoms with van der Waals surface area (Å²) in [5.74, 6) is -0.369. The molecule has 3 aromatic carbocycles. The van der Waals surface area contributed by atoms with Crippen LogP contribution in [0.4, 0.5) is 0 Å². The molecule has 1 heterocycles. The zero-order chi connectivity index (χ0) is 23.4.